The highest BCUT2D eigenvalue weighted by Gasteiger charge is 2.23. The van der Waals surface area contributed by atoms with Crippen molar-refractivity contribution >= 4 is 17.5 Å². The van der Waals surface area contributed by atoms with Crippen molar-refractivity contribution in [1.29, 1.82) is 0 Å². The van der Waals surface area contributed by atoms with Crippen LogP contribution in [0, 0.1) is 0 Å². The summed E-state index contributed by atoms with van der Waals surface area (Å²) in [5, 5.41) is 12.6. The fraction of sp³-hybridized carbons (Fsp3) is 0.333. The van der Waals surface area contributed by atoms with Crippen molar-refractivity contribution in [1.82, 2.24) is 30.0 Å². The second-order valence-corrected chi connectivity index (χ2v) is 7.47. The van der Waals surface area contributed by atoms with Crippen molar-refractivity contribution in [2.75, 3.05) is 26.2 Å². The second kappa shape index (κ2) is 8.71. The van der Waals surface area contributed by atoms with Crippen LogP contribution in [-0.4, -0.2) is 62.1 Å². The number of amides is 1. The third-order valence-electron chi connectivity index (χ3n) is 5.21. The van der Waals surface area contributed by atoms with Crippen LogP contribution in [0.2, 0.25) is 5.02 Å². The lowest BCUT2D eigenvalue weighted by Gasteiger charge is -2.35. The summed E-state index contributed by atoms with van der Waals surface area (Å²) in [5.74, 6) is 0.714. The van der Waals surface area contributed by atoms with Gasteiger partial charge in [0.15, 0.2) is 5.82 Å². The zero-order valence-electron chi connectivity index (χ0n) is 16.3. The van der Waals surface area contributed by atoms with Crippen LogP contribution in [0.5, 0.6) is 0 Å². The quantitative estimate of drug-likeness (QED) is 0.646. The number of aromatic nitrogens is 4. The molecular formula is C21H23ClN6O. The van der Waals surface area contributed by atoms with Gasteiger partial charge in [0.25, 0.3) is 5.91 Å². The van der Waals surface area contributed by atoms with Gasteiger partial charge < -0.3 is 4.90 Å². The predicted molar refractivity (Wildman–Crippen MR) is 112 cm³/mol. The number of carbonyl (C=O) groups is 1. The molecule has 0 aliphatic carbocycles. The summed E-state index contributed by atoms with van der Waals surface area (Å²) in [6.45, 7) is 6.50. The minimum absolute atomic E-state index is 0.0415. The summed E-state index contributed by atoms with van der Waals surface area (Å²) >= 11 is 6.27. The van der Waals surface area contributed by atoms with Gasteiger partial charge in [-0.3, -0.25) is 9.69 Å². The molecule has 0 bridgehead atoms. The maximum atomic E-state index is 13.0. The molecule has 3 aromatic rings. The van der Waals surface area contributed by atoms with Crippen LogP contribution in [0.1, 0.15) is 22.8 Å². The van der Waals surface area contributed by atoms with E-state index >= 15 is 0 Å². The molecule has 0 spiro atoms. The Balaban J connectivity index is 1.41. The fourth-order valence-electron chi connectivity index (χ4n) is 3.57. The molecule has 8 heteroatoms. The van der Waals surface area contributed by atoms with Crippen LogP contribution >= 0.6 is 11.6 Å². The Hall–Kier alpha value is -2.77. The minimum atomic E-state index is 0.0415. The molecule has 1 amide bonds. The van der Waals surface area contributed by atoms with E-state index in [1.165, 1.54) is 0 Å². The summed E-state index contributed by atoms with van der Waals surface area (Å²) in [6, 6.07) is 15.4. The monoisotopic (exact) mass is 410 g/mol. The van der Waals surface area contributed by atoms with Crippen LogP contribution in [-0.2, 0) is 13.1 Å². The number of aryl methyl sites for hydroxylation is 1. The third-order valence-corrected chi connectivity index (χ3v) is 5.58. The fourth-order valence-corrected chi connectivity index (χ4v) is 3.77. The number of piperazine rings is 1. The molecule has 1 fully saturated rings. The number of rotatable bonds is 5. The molecule has 0 unspecified atom stereocenters. The molecule has 1 aliphatic rings. The van der Waals surface area contributed by atoms with Gasteiger partial charge in [0.2, 0.25) is 0 Å². The van der Waals surface area contributed by atoms with Gasteiger partial charge in [-0.1, -0.05) is 41.9 Å². The summed E-state index contributed by atoms with van der Waals surface area (Å²) < 4.78 is 1.72. The standard InChI is InChI=1S/C21H23ClN6O/c1-2-28-20(23-24-25-28)16-7-5-8-17(14-16)21(29)27-12-10-26(11-13-27)15-18-6-3-4-9-19(18)22/h3-9,14H,2,10-13,15H2,1H3. The molecule has 1 aromatic heterocycles. The van der Waals surface area contributed by atoms with E-state index < -0.39 is 0 Å². The molecular weight excluding hydrogens is 388 g/mol. The summed E-state index contributed by atoms with van der Waals surface area (Å²) in [4.78, 5) is 17.3. The minimum Gasteiger partial charge on any atom is -0.336 e. The Morgan fingerprint density at radius 3 is 2.62 bits per heavy atom. The smallest absolute Gasteiger partial charge is 0.253 e. The Morgan fingerprint density at radius 2 is 1.86 bits per heavy atom. The Bertz CT molecular complexity index is 996. The number of halogens is 1. The number of nitrogens with zero attached hydrogens (tertiary/aromatic N) is 6. The number of carbonyl (C=O) groups excluding carboxylic acids is 1. The molecule has 0 atom stereocenters. The largest absolute Gasteiger partial charge is 0.336 e. The van der Waals surface area contributed by atoms with E-state index in [1.54, 1.807) is 4.68 Å². The van der Waals surface area contributed by atoms with Crippen LogP contribution in [0.4, 0.5) is 0 Å². The normalized spacial score (nSPS) is 14.9. The van der Waals surface area contributed by atoms with Crippen molar-refractivity contribution in [3.05, 3.63) is 64.7 Å². The maximum absolute atomic E-state index is 13.0. The summed E-state index contributed by atoms with van der Waals surface area (Å²) in [6.07, 6.45) is 0. The van der Waals surface area contributed by atoms with Gasteiger partial charge in [0.05, 0.1) is 0 Å². The molecule has 0 saturated carbocycles. The molecule has 2 heterocycles. The Morgan fingerprint density at radius 1 is 1.07 bits per heavy atom. The number of benzene rings is 2. The SMILES string of the molecule is CCn1nnnc1-c1cccc(C(=O)N2CCN(Cc3ccccc3Cl)CC2)c1. The van der Waals surface area contributed by atoms with Crippen molar-refractivity contribution in [2.24, 2.45) is 0 Å². The Kier molecular flexibility index (Phi) is 5.87. The average molecular weight is 411 g/mol. The lowest BCUT2D eigenvalue weighted by Crippen LogP contribution is -2.48. The van der Waals surface area contributed by atoms with Gasteiger partial charge in [-0.25, -0.2) is 4.68 Å². The maximum Gasteiger partial charge on any atom is 0.253 e. The lowest BCUT2D eigenvalue weighted by atomic mass is 10.1. The zero-order chi connectivity index (χ0) is 20.2. The summed E-state index contributed by atoms with van der Waals surface area (Å²) in [5.41, 5.74) is 2.63. The molecule has 1 aliphatic heterocycles. The average Bonchev–Trinajstić information content (AvgIpc) is 3.24. The van der Waals surface area contributed by atoms with Crippen molar-refractivity contribution < 1.29 is 4.79 Å². The van der Waals surface area contributed by atoms with Crippen LogP contribution in [0.15, 0.2) is 48.5 Å². The van der Waals surface area contributed by atoms with Crippen molar-refractivity contribution in [2.45, 2.75) is 20.0 Å². The second-order valence-electron chi connectivity index (χ2n) is 7.06. The highest BCUT2D eigenvalue weighted by atomic mass is 35.5. The lowest BCUT2D eigenvalue weighted by molar-refractivity contribution is 0.0628. The van der Waals surface area contributed by atoms with E-state index in [1.807, 2.05) is 54.3 Å². The molecule has 4 rings (SSSR count). The van der Waals surface area contributed by atoms with Crippen molar-refractivity contribution in [3.63, 3.8) is 0 Å². The molecule has 2 aromatic carbocycles. The third kappa shape index (κ3) is 4.31. The van der Waals surface area contributed by atoms with Crippen molar-refractivity contribution in [3.8, 4) is 11.4 Å². The van der Waals surface area contributed by atoms with Gasteiger partial charge in [0, 0.05) is 55.4 Å². The molecule has 7 nitrogen and oxygen atoms in total. The molecule has 1 saturated heterocycles. The van der Waals surface area contributed by atoms with Gasteiger partial charge in [-0.15, -0.1) is 5.10 Å². The first-order valence-corrected chi connectivity index (χ1v) is 10.1. The van der Waals surface area contributed by atoms with Gasteiger partial charge in [0.1, 0.15) is 0 Å². The number of hydrogen-bond acceptors (Lipinski definition) is 5. The van der Waals surface area contributed by atoms with E-state index in [9.17, 15) is 4.79 Å². The first-order valence-electron chi connectivity index (χ1n) is 9.77. The number of hydrogen-bond donors (Lipinski definition) is 0. The van der Waals surface area contributed by atoms with Crippen LogP contribution in [0.3, 0.4) is 0 Å². The van der Waals surface area contributed by atoms with E-state index in [0.29, 0.717) is 31.0 Å². The highest BCUT2D eigenvalue weighted by molar-refractivity contribution is 6.31. The topological polar surface area (TPSA) is 67.2 Å². The zero-order valence-corrected chi connectivity index (χ0v) is 17.1. The summed E-state index contributed by atoms with van der Waals surface area (Å²) in [7, 11) is 0. The van der Waals surface area contributed by atoms with E-state index in [-0.39, 0.29) is 5.91 Å². The van der Waals surface area contributed by atoms with E-state index in [0.717, 1.165) is 35.8 Å². The Labute approximate surface area is 174 Å². The van der Waals surface area contributed by atoms with Gasteiger partial charge >= 0.3 is 0 Å². The number of tetrazole rings is 1. The van der Waals surface area contributed by atoms with E-state index in [4.69, 9.17) is 11.6 Å². The molecule has 0 N–H and O–H groups in total. The van der Waals surface area contributed by atoms with Crippen LogP contribution < -0.4 is 0 Å². The molecule has 150 valence electrons. The molecule has 0 radical (unpaired) electrons. The predicted octanol–water partition coefficient (Wildman–Crippen LogP) is 2.97. The van der Waals surface area contributed by atoms with Gasteiger partial charge in [-0.05, 0) is 41.1 Å². The first kappa shape index (κ1) is 19.5. The highest BCUT2D eigenvalue weighted by Crippen LogP contribution is 2.20. The van der Waals surface area contributed by atoms with E-state index in [2.05, 4.69) is 26.5 Å². The molecule has 29 heavy (non-hydrogen) atoms. The first-order chi connectivity index (χ1) is 14.2. The van der Waals surface area contributed by atoms with Crippen LogP contribution in [0.25, 0.3) is 11.4 Å². The van der Waals surface area contributed by atoms with Gasteiger partial charge in [-0.2, -0.15) is 0 Å².